The number of benzene rings is 2. The van der Waals surface area contributed by atoms with E-state index in [1.54, 1.807) is 12.1 Å². The lowest BCUT2D eigenvalue weighted by atomic mass is 10.2. The van der Waals surface area contributed by atoms with Crippen molar-refractivity contribution in [2.24, 2.45) is 0 Å². The lowest BCUT2D eigenvalue weighted by Gasteiger charge is -2.08. The molecule has 128 valence electrons. The van der Waals surface area contributed by atoms with E-state index in [0.717, 1.165) is 24.1 Å². The van der Waals surface area contributed by atoms with Crippen LogP contribution in [-0.2, 0) is 11.2 Å². The van der Waals surface area contributed by atoms with Crippen LogP contribution in [0.1, 0.15) is 19.2 Å². The van der Waals surface area contributed by atoms with E-state index in [4.69, 9.17) is 9.26 Å². The molecule has 0 saturated carbocycles. The number of anilines is 1. The molecule has 0 spiro atoms. The van der Waals surface area contributed by atoms with Gasteiger partial charge in [-0.15, -0.1) is 0 Å². The zero-order chi connectivity index (χ0) is 17.5. The van der Waals surface area contributed by atoms with Gasteiger partial charge in [-0.25, -0.2) is 0 Å². The molecule has 0 aliphatic heterocycles. The fourth-order valence-electron chi connectivity index (χ4n) is 2.28. The van der Waals surface area contributed by atoms with E-state index in [9.17, 15) is 4.79 Å². The van der Waals surface area contributed by atoms with E-state index >= 15 is 0 Å². The van der Waals surface area contributed by atoms with Gasteiger partial charge in [-0.3, -0.25) is 4.79 Å². The number of nitrogens with zero attached hydrogens (tertiary/aromatic N) is 2. The highest BCUT2D eigenvalue weighted by molar-refractivity contribution is 5.91. The van der Waals surface area contributed by atoms with Gasteiger partial charge in [0, 0.05) is 17.7 Å². The van der Waals surface area contributed by atoms with Crippen molar-refractivity contribution in [3.63, 3.8) is 0 Å². The summed E-state index contributed by atoms with van der Waals surface area (Å²) in [6.45, 7) is 1.98. The molecule has 25 heavy (non-hydrogen) atoms. The van der Waals surface area contributed by atoms with E-state index in [1.807, 2.05) is 42.5 Å². The summed E-state index contributed by atoms with van der Waals surface area (Å²) in [6, 6.07) is 16.5. The molecular weight excluding hydrogens is 318 g/mol. The SMILES string of the molecule is CCCc1nc(-c2cccc(OCC(=O)Nc3ccccc3)c2)no1. The first-order valence-electron chi connectivity index (χ1n) is 8.15. The first kappa shape index (κ1) is 16.7. The minimum absolute atomic E-state index is 0.0777. The van der Waals surface area contributed by atoms with Crippen LogP contribution in [0.15, 0.2) is 59.1 Å². The average Bonchev–Trinajstić information content (AvgIpc) is 3.10. The normalized spacial score (nSPS) is 10.4. The Labute approximate surface area is 145 Å². The number of amides is 1. The van der Waals surface area contributed by atoms with Crippen molar-refractivity contribution in [2.75, 3.05) is 11.9 Å². The Morgan fingerprint density at radius 3 is 2.80 bits per heavy atom. The zero-order valence-electron chi connectivity index (χ0n) is 13.9. The van der Waals surface area contributed by atoms with Gasteiger partial charge in [-0.05, 0) is 30.7 Å². The average molecular weight is 337 g/mol. The molecule has 0 radical (unpaired) electrons. The topological polar surface area (TPSA) is 77.2 Å². The second-order valence-corrected chi connectivity index (χ2v) is 5.49. The van der Waals surface area contributed by atoms with Gasteiger partial charge in [0.2, 0.25) is 11.7 Å². The Morgan fingerprint density at radius 1 is 1.16 bits per heavy atom. The van der Waals surface area contributed by atoms with Crippen molar-refractivity contribution in [2.45, 2.75) is 19.8 Å². The molecule has 0 saturated heterocycles. The third-order valence-corrected chi connectivity index (χ3v) is 3.45. The summed E-state index contributed by atoms with van der Waals surface area (Å²) >= 11 is 0. The number of carbonyl (C=O) groups is 1. The molecule has 0 atom stereocenters. The number of hydrogen-bond donors (Lipinski definition) is 1. The zero-order valence-corrected chi connectivity index (χ0v) is 13.9. The van der Waals surface area contributed by atoms with Crippen molar-refractivity contribution in [3.8, 4) is 17.1 Å². The molecule has 6 heteroatoms. The fraction of sp³-hybridized carbons (Fsp3) is 0.211. The third-order valence-electron chi connectivity index (χ3n) is 3.45. The van der Waals surface area contributed by atoms with Crippen LogP contribution in [0.2, 0.25) is 0 Å². The Morgan fingerprint density at radius 2 is 2.00 bits per heavy atom. The van der Waals surface area contributed by atoms with E-state index in [0.29, 0.717) is 17.5 Å². The number of aryl methyl sites for hydroxylation is 1. The molecule has 6 nitrogen and oxygen atoms in total. The van der Waals surface area contributed by atoms with Gasteiger partial charge in [0.15, 0.2) is 6.61 Å². The predicted octanol–water partition coefficient (Wildman–Crippen LogP) is 3.71. The lowest BCUT2D eigenvalue weighted by Crippen LogP contribution is -2.20. The van der Waals surface area contributed by atoms with E-state index < -0.39 is 0 Å². The quantitative estimate of drug-likeness (QED) is 0.711. The molecule has 0 aliphatic rings. The third kappa shape index (κ3) is 4.67. The predicted molar refractivity (Wildman–Crippen MR) is 94.3 cm³/mol. The molecule has 3 aromatic rings. The van der Waals surface area contributed by atoms with Crippen LogP contribution >= 0.6 is 0 Å². The van der Waals surface area contributed by atoms with Gasteiger partial charge in [0.05, 0.1) is 0 Å². The summed E-state index contributed by atoms with van der Waals surface area (Å²) in [5, 5.41) is 6.75. The lowest BCUT2D eigenvalue weighted by molar-refractivity contribution is -0.118. The number of aromatic nitrogens is 2. The van der Waals surface area contributed by atoms with Crippen molar-refractivity contribution in [3.05, 3.63) is 60.5 Å². The summed E-state index contributed by atoms with van der Waals surface area (Å²) in [5.74, 6) is 1.48. The molecule has 1 heterocycles. The van der Waals surface area contributed by atoms with Gasteiger partial charge in [-0.2, -0.15) is 4.98 Å². The monoisotopic (exact) mass is 337 g/mol. The molecule has 0 aliphatic carbocycles. The smallest absolute Gasteiger partial charge is 0.262 e. The fourth-order valence-corrected chi connectivity index (χ4v) is 2.28. The Balaban J connectivity index is 1.60. The number of para-hydroxylation sites is 1. The Bertz CT molecular complexity index is 831. The highest BCUT2D eigenvalue weighted by Gasteiger charge is 2.09. The van der Waals surface area contributed by atoms with E-state index in [1.165, 1.54) is 0 Å². The first-order valence-corrected chi connectivity index (χ1v) is 8.15. The van der Waals surface area contributed by atoms with Crippen LogP contribution in [0.4, 0.5) is 5.69 Å². The molecule has 1 amide bonds. The van der Waals surface area contributed by atoms with Crippen LogP contribution in [0.5, 0.6) is 5.75 Å². The van der Waals surface area contributed by atoms with Crippen molar-refractivity contribution in [1.82, 2.24) is 10.1 Å². The van der Waals surface area contributed by atoms with Crippen molar-refractivity contribution >= 4 is 11.6 Å². The minimum atomic E-state index is -0.221. The highest BCUT2D eigenvalue weighted by atomic mass is 16.5. The van der Waals surface area contributed by atoms with E-state index in [2.05, 4.69) is 22.4 Å². The first-order chi connectivity index (χ1) is 12.2. The Hall–Kier alpha value is -3.15. The van der Waals surface area contributed by atoms with Crippen molar-refractivity contribution in [1.29, 1.82) is 0 Å². The largest absolute Gasteiger partial charge is 0.484 e. The highest BCUT2D eigenvalue weighted by Crippen LogP contribution is 2.22. The molecule has 2 aromatic carbocycles. The maximum absolute atomic E-state index is 11.9. The second-order valence-electron chi connectivity index (χ2n) is 5.49. The maximum Gasteiger partial charge on any atom is 0.262 e. The minimum Gasteiger partial charge on any atom is -0.484 e. The maximum atomic E-state index is 11.9. The molecule has 0 fully saturated rings. The number of rotatable bonds is 7. The van der Waals surface area contributed by atoms with Crippen LogP contribution in [0.3, 0.4) is 0 Å². The molecule has 1 N–H and O–H groups in total. The van der Waals surface area contributed by atoms with Crippen molar-refractivity contribution < 1.29 is 14.1 Å². The summed E-state index contributed by atoms with van der Waals surface area (Å²) in [6.07, 6.45) is 1.70. The van der Waals surface area contributed by atoms with Gasteiger partial charge in [0.25, 0.3) is 5.91 Å². The molecule has 1 aromatic heterocycles. The van der Waals surface area contributed by atoms with Crippen LogP contribution in [-0.4, -0.2) is 22.7 Å². The summed E-state index contributed by atoms with van der Waals surface area (Å²) in [4.78, 5) is 16.3. The number of ether oxygens (including phenoxy) is 1. The summed E-state index contributed by atoms with van der Waals surface area (Å²) in [7, 11) is 0. The van der Waals surface area contributed by atoms with Crippen LogP contribution < -0.4 is 10.1 Å². The molecule has 0 bridgehead atoms. The van der Waals surface area contributed by atoms with Gasteiger partial charge >= 0.3 is 0 Å². The molecule has 3 rings (SSSR count). The van der Waals surface area contributed by atoms with Crippen LogP contribution in [0.25, 0.3) is 11.4 Å². The standard InChI is InChI=1S/C19H19N3O3/c1-2-7-18-21-19(22-25-18)14-8-6-11-16(12-14)24-13-17(23)20-15-9-4-3-5-10-15/h3-6,8-12H,2,7,13H2,1H3,(H,20,23). The number of carbonyl (C=O) groups excluding carboxylic acids is 1. The summed E-state index contributed by atoms with van der Waals surface area (Å²) < 4.78 is 10.8. The van der Waals surface area contributed by atoms with Gasteiger partial charge < -0.3 is 14.6 Å². The van der Waals surface area contributed by atoms with E-state index in [-0.39, 0.29) is 12.5 Å². The molecule has 0 unspecified atom stereocenters. The van der Waals surface area contributed by atoms with Gasteiger partial charge in [0.1, 0.15) is 5.75 Å². The summed E-state index contributed by atoms with van der Waals surface area (Å²) in [5.41, 5.74) is 1.52. The molecular formula is C19H19N3O3. The Kier molecular flexibility index (Phi) is 5.41. The number of hydrogen-bond acceptors (Lipinski definition) is 5. The van der Waals surface area contributed by atoms with Crippen LogP contribution in [0, 0.1) is 0 Å². The number of nitrogens with one attached hydrogen (secondary N) is 1. The second kappa shape index (κ2) is 8.10. The van der Waals surface area contributed by atoms with Gasteiger partial charge in [-0.1, -0.05) is 42.4 Å².